The van der Waals surface area contributed by atoms with Crippen molar-refractivity contribution in [1.82, 2.24) is 9.97 Å². The second kappa shape index (κ2) is 10.4. The van der Waals surface area contributed by atoms with Crippen LogP contribution in [-0.4, -0.2) is 66.5 Å². The van der Waals surface area contributed by atoms with Crippen LogP contribution < -0.4 is 14.4 Å². The maximum atomic E-state index is 12.8. The standard InChI is InChI=1S/C23H24N4O7S/c1-33-17-11-24-23(25-12-17)26-35(31,32)18-9-7-16(8-10-18)27-20(19(29)13-28)21(22(27)30)34-14-15-5-3-2-4-6-15/h2-12,19-21,28-29H,13-14H2,1H3,(H,24,25,26)/t19-,20-,21+/m1/s1. The smallest absolute Gasteiger partial charge is 0.264 e. The van der Waals surface area contributed by atoms with E-state index in [2.05, 4.69) is 14.7 Å². The second-order valence-electron chi connectivity index (χ2n) is 7.71. The van der Waals surface area contributed by atoms with Gasteiger partial charge in [0.1, 0.15) is 12.1 Å². The Morgan fingerprint density at radius 2 is 1.74 bits per heavy atom. The third-order valence-corrected chi connectivity index (χ3v) is 6.80. The maximum Gasteiger partial charge on any atom is 0.264 e. The Hall–Kier alpha value is -3.58. The van der Waals surface area contributed by atoms with Gasteiger partial charge in [0.05, 0.1) is 37.6 Å². The zero-order chi connectivity index (χ0) is 25.0. The number of ether oxygens (including phenoxy) is 2. The third-order valence-electron chi connectivity index (χ3n) is 5.46. The van der Waals surface area contributed by atoms with E-state index >= 15 is 0 Å². The summed E-state index contributed by atoms with van der Waals surface area (Å²) in [7, 11) is -2.56. The van der Waals surface area contributed by atoms with Crippen LogP contribution in [0.4, 0.5) is 11.6 Å². The average molecular weight is 501 g/mol. The molecule has 0 unspecified atom stereocenters. The van der Waals surface area contributed by atoms with Gasteiger partial charge in [-0.1, -0.05) is 30.3 Å². The molecular formula is C23H24N4O7S. The molecular weight excluding hydrogens is 476 g/mol. The minimum absolute atomic E-state index is 0.0789. The molecule has 1 saturated heterocycles. The van der Waals surface area contributed by atoms with E-state index in [4.69, 9.17) is 9.47 Å². The van der Waals surface area contributed by atoms with Crippen LogP contribution in [0.15, 0.2) is 71.9 Å². The first-order valence-corrected chi connectivity index (χ1v) is 12.1. The Morgan fingerprint density at radius 1 is 1.09 bits per heavy atom. The highest BCUT2D eigenvalue weighted by molar-refractivity contribution is 7.92. The number of aromatic nitrogens is 2. The number of β-lactam (4-membered cyclic amide) rings is 1. The van der Waals surface area contributed by atoms with E-state index in [0.717, 1.165) is 5.56 Å². The van der Waals surface area contributed by atoms with Gasteiger partial charge in [-0.05, 0) is 29.8 Å². The van der Waals surface area contributed by atoms with Crippen molar-refractivity contribution in [2.45, 2.75) is 29.8 Å². The SMILES string of the molecule is COc1cnc(NS(=O)(=O)c2ccc(N3C(=O)[C@@H](OCc4ccccc4)[C@H]3[C@H](O)CO)cc2)nc1. The number of aliphatic hydroxyl groups excluding tert-OH is 2. The minimum Gasteiger partial charge on any atom is -0.494 e. The average Bonchev–Trinajstić information content (AvgIpc) is 2.88. The normalized spacial score (nSPS) is 18.6. The molecule has 4 rings (SSSR count). The number of anilines is 2. The molecule has 0 aliphatic carbocycles. The molecule has 184 valence electrons. The maximum absolute atomic E-state index is 12.8. The fourth-order valence-electron chi connectivity index (χ4n) is 3.63. The van der Waals surface area contributed by atoms with Gasteiger partial charge in [-0.3, -0.25) is 4.79 Å². The van der Waals surface area contributed by atoms with E-state index in [1.54, 1.807) is 0 Å². The fourth-order valence-corrected chi connectivity index (χ4v) is 4.59. The molecule has 0 spiro atoms. The summed E-state index contributed by atoms with van der Waals surface area (Å²) in [6.07, 6.45) is 0.457. The van der Waals surface area contributed by atoms with Crippen molar-refractivity contribution in [3.8, 4) is 5.75 Å². The van der Waals surface area contributed by atoms with Gasteiger partial charge in [-0.25, -0.2) is 23.1 Å². The number of aliphatic hydroxyl groups is 2. The molecule has 0 saturated carbocycles. The number of methoxy groups -OCH3 is 1. The lowest BCUT2D eigenvalue weighted by atomic mass is 9.91. The van der Waals surface area contributed by atoms with Gasteiger partial charge >= 0.3 is 0 Å². The zero-order valence-corrected chi connectivity index (χ0v) is 19.5. The van der Waals surface area contributed by atoms with E-state index in [0.29, 0.717) is 11.4 Å². The van der Waals surface area contributed by atoms with Crippen LogP contribution in [0.1, 0.15) is 5.56 Å². The van der Waals surface area contributed by atoms with Gasteiger partial charge < -0.3 is 24.6 Å². The fraction of sp³-hybridized carbons (Fsp3) is 0.261. The van der Waals surface area contributed by atoms with E-state index < -0.39 is 40.8 Å². The first-order valence-electron chi connectivity index (χ1n) is 10.6. The largest absolute Gasteiger partial charge is 0.494 e. The van der Waals surface area contributed by atoms with Gasteiger partial charge in [0.2, 0.25) is 5.95 Å². The number of nitrogens with one attached hydrogen (secondary N) is 1. The van der Waals surface area contributed by atoms with Crippen molar-refractivity contribution in [2.75, 3.05) is 23.3 Å². The van der Waals surface area contributed by atoms with Crippen molar-refractivity contribution in [1.29, 1.82) is 0 Å². The molecule has 3 N–H and O–H groups in total. The highest BCUT2D eigenvalue weighted by atomic mass is 32.2. The highest BCUT2D eigenvalue weighted by Gasteiger charge is 2.52. The number of carbonyl (C=O) groups excluding carboxylic acids is 1. The van der Waals surface area contributed by atoms with Crippen molar-refractivity contribution in [3.63, 3.8) is 0 Å². The molecule has 2 aromatic carbocycles. The van der Waals surface area contributed by atoms with Crippen LogP contribution in [0.25, 0.3) is 0 Å². The predicted molar refractivity (Wildman–Crippen MR) is 125 cm³/mol. The van der Waals surface area contributed by atoms with Gasteiger partial charge in [-0.2, -0.15) is 0 Å². The molecule has 11 nitrogen and oxygen atoms in total. The second-order valence-corrected chi connectivity index (χ2v) is 9.39. The summed E-state index contributed by atoms with van der Waals surface area (Å²) >= 11 is 0. The van der Waals surface area contributed by atoms with Crippen LogP contribution in [0.2, 0.25) is 0 Å². The number of rotatable bonds is 10. The predicted octanol–water partition coefficient (Wildman–Crippen LogP) is 0.940. The summed E-state index contributed by atoms with van der Waals surface area (Å²) < 4.78 is 38.3. The Kier molecular flexibility index (Phi) is 7.26. The topological polar surface area (TPSA) is 151 Å². The molecule has 1 aliphatic rings. The number of nitrogens with zero attached hydrogens (tertiary/aromatic N) is 3. The van der Waals surface area contributed by atoms with Crippen LogP contribution in [-0.2, 0) is 26.2 Å². The Bertz CT molecular complexity index is 1260. The third kappa shape index (κ3) is 5.25. The number of hydrogen-bond donors (Lipinski definition) is 3. The quantitative estimate of drug-likeness (QED) is 0.345. The minimum atomic E-state index is -4.00. The molecule has 0 radical (unpaired) electrons. The van der Waals surface area contributed by atoms with Gasteiger partial charge in [0, 0.05) is 5.69 Å². The first-order chi connectivity index (χ1) is 16.8. The number of hydrogen-bond acceptors (Lipinski definition) is 9. The van der Waals surface area contributed by atoms with Crippen molar-refractivity contribution in [3.05, 3.63) is 72.6 Å². The van der Waals surface area contributed by atoms with E-state index in [1.165, 1.54) is 48.7 Å². The number of carbonyl (C=O) groups is 1. The number of sulfonamides is 1. The van der Waals surface area contributed by atoms with Gasteiger partial charge in [-0.15, -0.1) is 0 Å². The summed E-state index contributed by atoms with van der Waals surface area (Å²) in [4.78, 5) is 21.8. The lowest BCUT2D eigenvalue weighted by Gasteiger charge is -2.48. The first kappa shape index (κ1) is 24.5. The van der Waals surface area contributed by atoms with Crippen molar-refractivity contribution in [2.24, 2.45) is 0 Å². The zero-order valence-electron chi connectivity index (χ0n) is 18.7. The molecule has 2 heterocycles. The number of benzene rings is 2. The van der Waals surface area contributed by atoms with E-state index in [1.807, 2.05) is 30.3 Å². The van der Waals surface area contributed by atoms with Crippen LogP contribution in [0.3, 0.4) is 0 Å². The molecule has 12 heteroatoms. The van der Waals surface area contributed by atoms with Gasteiger partial charge in [0.15, 0.2) is 11.9 Å². The summed E-state index contributed by atoms with van der Waals surface area (Å²) in [6.45, 7) is -0.409. The Balaban J connectivity index is 1.48. The molecule has 3 aromatic rings. The lowest BCUT2D eigenvalue weighted by molar-refractivity contribution is -0.149. The van der Waals surface area contributed by atoms with Crippen LogP contribution in [0.5, 0.6) is 5.75 Å². The molecule has 0 bridgehead atoms. The van der Waals surface area contributed by atoms with Crippen LogP contribution in [0, 0.1) is 0 Å². The van der Waals surface area contributed by atoms with E-state index in [-0.39, 0.29) is 17.5 Å². The Labute approximate surface area is 202 Å². The van der Waals surface area contributed by atoms with Crippen LogP contribution >= 0.6 is 0 Å². The molecule has 35 heavy (non-hydrogen) atoms. The summed E-state index contributed by atoms with van der Waals surface area (Å²) in [5, 5.41) is 19.8. The molecule has 1 aliphatic heterocycles. The molecule has 3 atom stereocenters. The van der Waals surface area contributed by atoms with Crippen molar-refractivity contribution < 1.29 is 32.9 Å². The number of amides is 1. The van der Waals surface area contributed by atoms with E-state index in [9.17, 15) is 23.4 Å². The highest BCUT2D eigenvalue weighted by Crippen LogP contribution is 2.33. The van der Waals surface area contributed by atoms with Gasteiger partial charge in [0.25, 0.3) is 15.9 Å². The summed E-state index contributed by atoms with van der Waals surface area (Å²) in [6, 6.07) is 13.9. The monoisotopic (exact) mass is 500 g/mol. The Morgan fingerprint density at radius 3 is 2.34 bits per heavy atom. The summed E-state index contributed by atoms with van der Waals surface area (Å²) in [5.74, 6) is -0.154. The summed E-state index contributed by atoms with van der Waals surface area (Å²) in [5.41, 5.74) is 1.21. The van der Waals surface area contributed by atoms with Crippen molar-refractivity contribution >= 4 is 27.6 Å². The molecule has 1 fully saturated rings. The molecule has 1 aromatic heterocycles. The lowest BCUT2D eigenvalue weighted by Crippen LogP contribution is -2.70. The molecule has 1 amide bonds.